The second-order valence-electron chi connectivity index (χ2n) is 12.5. The molecule has 7 nitrogen and oxygen atoms in total. The fourth-order valence-electron chi connectivity index (χ4n) is 6.15. The Labute approximate surface area is 260 Å². The van der Waals surface area contributed by atoms with E-state index in [1.165, 1.54) is 22.4 Å². The normalized spacial score (nSPS) is 16.8. The van der Waals surface area contributed by atoms with E-state index in [0.717, 1.165) is 28.3 Å². The molecule has 0 saturated carbocycles. The van der Waals surface area contributed by atoms with Crippen molar-refractivity contribution in [2.75, 3.05) is 17.3 Å². The maximum absolute atomic E-state index is 12.8. The van der Waals surface area contributed by atoms with E-state index in [4.69, 9.17) is 21.9 Å². The summed E-state index contributed by atoms with van der Waals surface area (Å²) in [5, 5.41) is 7.19. The molecular weight excluding hydrogens is 554 g/mol. The molecule has 2 aromatic heterocycles. The Bertz CT molecular complexity index is 1680. The van der Waals surface area contributed by atoms with Gasteiger partial charge in [0.15, 0.2) is 5.11 Å². The summed E-state index contributed by atoms with van der Waals surface area (Å²) in [6.07, 6.45) is 1.82. The van der Waals surface area contributed by atoms with Crippen LogP contribution in [0.15, 0.2) is 60.8 Å². The number of rotatable bonds is 6. The van der Waals surface area contributed by atoms with Gasteiger partial charge in [-0.2, -0.15) is 0 Å². The third kappa shape index (κ3) is 5.64. The highest BCUT2D eigenvalue weighted by molar-refractivity contribution is 7.80. The first-order valence-electron chi connectivity index (χ1n) is 14.6. The zero-order valence-corrected chi connectivity index (χ0v) is 27.3. The lowest BCUT2D eigenvalue weighted by Gasteiger charge is -2.29. The molecule has 5 rings (SSSR count). The van der Waals surface area contributed by atoms with Crippen LogP contribution in [-0.2, 0) is 4.79 Å². The molecule has 1 aliphatic rings. The Hall–Kier alpha value is -4.17. The van der Waals surface area contributed by atoms with Crippen LogP contribution in [0.1, 0.15) is 72.2 Å². The van der Waals surface area contributed by atoms with Crippen LogP contribution in [-0.4, -0.2) is 27.7 Å². The first-order valence-corrected chi connectivity index (χ1v) is 15.0. The number of pyridine rings is 1. The van der Waals surface area contributed by atoms with Gasteiger partial charge in [0.25, 0.3) is 0 Å². The number of ether oxygens (including phenoxy) is 1. The average Bonchev–Trinajstić information content (AvgIpc) is 3.43. The number of nitrogens with zero attached hydrogens (tertiary/aromatic N) is 3. The van der Waals surface area contributed by atoms with Crippen LogP contribution in [0.4, 0.5) is 11.4 Å². The molecule has 1 aliphatic heterocycles. The van der Waals surface area contributed by atoms with Crippen molar-refractivity contribution in [3.05, 3.63) is 100 Å². The van der Waals surface area contributed by atoms with Gasteiger partial charge >= 0.3 is 0 Å². The van der Waals surface area contributed by atoms with E-state index in [2.05, 4.69) is 72.9 Å². The highest BCUT2D eigenvalue weighted by Crippen LogP contribution is 2.45. The summed E-state index contributed by atoms with van der Waals surface area (Å²) in [4.78, 5) is 19.6. The van der Waals surface area contributed by atoms with Gasteiger partial charge in [0.1, 0.15) is 5.75 Å². The van der Waals surface area contributed by atoms with Crippen LogP contribution >= 0.6 is 12.2 Å². The molecule has 8 heteroatoms. The van der Waals surface area contributed by atoms with Gasteiger partial charge < -0.3 is 24.8 Å². The molecule has 2 N–H and O–H groups in total. The van der Waals surface area contributed by atoms with Crippen LogP contribution in [0.2, 0.25) is 0 Å². The van der Waals surface area contributed by atoms with Crippen LogP contribution < -0.4 is 20.3 Å². The van der Waals surface area contributed by atoms with Crippen molar-refractivity contribution in [1.29, 1.82) is 0 Å². The van der Waals surface area contributed by atoms with E-state index in [0.29, 0.717) is 16.5 Å². The van der Waals surface area contributed by atoms with Crippen LogP contribution in [0, 0.1) is 40.0 Å². The van der Waals surface area contributed by atoms with Gasteiger partial charge in [-0.3, -0.25) is 9.78 Å². The molecule has 1 fully saturated rings. The molecule has 0 spiro atoms. The number of amides is 1. The lowest BCUT2D eigenvalue weighted by molar-refractivity contribution is -0.123. The van der Waals surface area contributed by atoms with Crippen molar-refractivity contribution < 1.29 is 9.53 Å². The summed E-state index contributed by atoms with van der Waals surface area (Å²) < 4.78 is 8.13. The topological polar surface area (TPSA) is 71.4 Å². The standard InChI is InChI=1S/C35H41N5O2S/c1-20-16-21(2)31(22(3)17-20)39-23(4)18-26(24(39)5)32-30(28-12-10-11-15-36-28)38-34(43)40(32)25-13-14-27(29(19-25)42-9)37-33(41)35(6,7)8/h10-19,30,32H,1-9H3,(H,37,41)(H,38,43)/t30-,32+/m0/s1. The number of hydrogen-bond donors (Lipinski definition) is 2. The van der Waals surface area contributed by atoms with E-state index < -0.39 is 5.41 Å². The zero-order valence-electron chi connectivity index (χ0n) is 26.5. The molecule has 43 heavy (non-hydrogen) atoms. The smallest absolute Gasteiger partial charge is 0.229 e. The third-order valence-electron chi connectivity index (χ3n) is 8.14. The Balaban J connectivity index is 1.66. The molecule has 2 aromatic carbocycles. The molecule has 0 radical (unpaired) electrons. The number of methoxy groups -OCH3 is 1. The number of carbonyl (C=O) groups is 1. The van der Waals surface area contributed by atoms with E-state index in [9.17, 15) is 4.79 Å². The molecule has 2 atom stereocenters. The molecule has 0 unspecified atom stereocenters. The average molecular weight is 596 g/mol. The van der Waals surface area contributed by atoms with E-state index in [1.807, 2.05) is 63.4 Å². The van der Waals surface area contributed by atoms with Crippen molar-refractivity contribution in [3.8, 4) is 11.4 Å². The van der Waals surface area contributed by atoms with E-state index >= 15 is 0 Å². The Morgan fingerprint density at radius 3 is 2.30 bits per heavy atom. The van der Waals surface area contributed by atoms with Gasteiger partial charge in [0, 0.05) is 34.8 Å². The minimum absolute atomic E-state index is 0.0841. The van der Waals surface area contributed by atoms with Gasteiger partial charge in [-0.15, -0.1) is 0 Å². The number of hydrogen-bond acceptors (Lipinski definition) is 4. The zero-order chi connectivity index (χ0) is 31.2. The van der Waals surface area contributed by atoms with Crippen molar-refractivity contribution in [1.82, 2.24) is 14.9 Å². The SMILES string of the molecule is COc1cc(N2C(=S)N[C@@H](c3ccccn3)[C@H]2c2cc(C)n(-c3c(C)cc(C)cc3C)c2C)ccc1NC(=O)C(C)(C)C. The highest BCUT2D eigenvalue weighted by atomic mass is 32.1. The molecule has 0 bridgehead atoms. The van der Waals surface area contributed by atoms with Crippen molar-refractivity contribution in [2.45, 2.75) is 67.5 Å². The summed E-state index contributed by atoms with van der Waals surface area (Å²) in [6, 6.07) is 18.1. The first kappa shape index (κ1) is 30.3. The minimum atomic E-state index is -0.540. The number of aryl methyl sites for hydroxylation is 4. The van der Waals surface area contributed by atoms with Gasteiger partial charge in [-0.05, 0) is 93.9 Å². The molecule has 224 valence electrons. The Morgan fingerprint density at radius 2 is 1.70 bits per heavy atom. The second kappa shape index (κ2) is 11.5. The van der Waals surface area contributed by atoms with Crippen LogP contribution in [0.5, 0.6) is 5.75 Å². The number of aromatic nitrogens is 2. The summed E-state index contributed by atoms with van der Waals surface area (Å²) in [7, 11) is 1.61. The molecular formula is C35H41N5O2S. The molecule has 0 aliphatic carbocycles. The molecule has 1 saturated heterocycles. The van der Waals surface area contributed by atoms with Crippen molar-refractivity contribution in [3.63, 3.8) is 0 Å². The number of anilines is 2. The van der Waals surface area contributed by atoms with Gasteiger partial charge in [-0.25, -0.2) is 0 Å². The minimum Gasteiger partial charge on any atom is -0.494 e. The summed E-state index contributed by atoms with van der Waals surface area (Å²) >= 11 is 6.01. The lowest BCUT2D eigenvalue weighted by atomic mass is 9.95. The fourth-order valence-corrected chi connectivity index (χ4v) is 6.49. The van der Waals surface area contributed by atoms with Gasteiger partial charge in [0.2, 0.25) is 5.91 Å². The van der Waals surface area contributed by atoms with Gasteiger partial charge in [-0.1, -0.05) is 44.5 Å². The lowest BCUT2D eigenvalue weighted by Crippen LogP contribution is -2.30. The number of nitrogens with one attached hydrogen (secondary N) is 2. The number of carbonyl (C=O) groups excluding carboxylic acids is 1. The first-order chi connectivity index (χ1) is 20.3. The Kier molecular flexibility index (Phi) is 8.09. The number of benzene rings is 2. The maximum Gasteiger partial charge on any atom is 0.229 e. The summed E-state index contributed by atoms with van der Waals surface area (Å²) in [5.74, 6) is 0.480. The van der Waals surface area contributed by atoms with E-state index in [-0.39, 0.29) is 18.0 Å². The maximum atomic E-state index is 12.8. The Morgan fingerprint density at radius 1 is 1.00 bits per heavy atom. The van der Waals surface area contributed by atoms with E-state index in [1.54, 1.807) is 7.11 Å². The third-order valence-corrected chi connectivity index (χ3v) is 8.45. The second-order valence-corrected chi connectivity index (χ2v) is 12.9. The molecule has 3 heterocycles. The molecule has 1 amide bonds. The summed E-state index contributed by atoms with van der Waals surface area (Å²) in [6.45, 7) is 16.5. The predicted octanol–water partition coefficient (Wildman–Crippen LogP) is 7.58. The fraction of sp³-hybridized carbons (Fsp3) is 0.343. The predicted molar refractivity (Wildman–Crippen MR) is 178 cm³/mol. The number of thiocarbonyl (C=S) groups is 1. The molecule has 4 aromatic rings. The van der Waals surface area contributed by atoms with Crippen LogP contribution in [0.3, 0.4) is 0 Å². The van der Waals surface area contributed by atoms with Crippen molar-refractivity contribution >= 4 is 34.6 Å². The van der Waals surface area contributed by atoms with Crippen molar-refractivity contribution in [2.24, 2.45) is 5.41 Å². The van der Waals surface area contributed by atoms with Crippen LogP contribution in [0.25, 0.3) is 5.69 Å². The monoisotopic (exact) mass is 595 g/mol. The largest absolute Gasteiger partial charge is 0.494 e. The summed E-state index contributed by atoms with van der Waals surface area (Å²) in [5.41, 5.74) is 10.2. The quantitative estimate of drug-likeness (QED) is 0.224. The highest BCUT2D eigenvalue weighted by Gasteiger charge is 2.42. The van der Waals surface area contributed by atoms with Gasteiger partial charge in [0.05, 0.1) is 36.3 Å².